The lowest BCUT2D eigenvalue weighted by Gasteiger charge is -2.19. The largest absolute Gasteiger partial charge is 0.378 e. The molecule has 0 aromatic carbocycles. The predicted octanol–water partition coefficient (Wildman–Crippen LogP) is 3.22. The van der Waals surface area contributed by atoms with Gasteiger partial charge in [0.2, 0.25) is 0 Å². The Morgan fingerprint density at radius 2 is 2.08 bits per heavy atom. The summed E-state index contributed by atoms with van der Waals surface area (Å²) in [5, 5.41) is 0. The number of aryl methyl sites for hydroxylation is 1. The Hall–Kier alpha value is -1.88. The topological polar surface area (TPSA) is 37.2 Å². The van der Waals surface area contributed by atoms with Crippen molar-refractivity contribution in [2.75, 3.05) is 32.1 Å². The van der Waals surface area contributed by atoms with Gasteiger partial charge in [-0.2, -0.15) is 0 Å². The number of anilines is 1. The monoisotopic (exact) mass is 327 g/mol. The molecule has 5 heteroatoms. The summed E-state index contributed by atoms with van der Waals surface area (Å²) < 4.78 is 2.27. The van der Waals surface area contributed by atoms with Gasteiger partial charge < -0.3 is 9.47 Å². The molecule has 0 N–H and O–H groups in total. The number of hydrogen-bond acceptors (Lipinski definition) is 4. The number of nitrogens with zero attached hydrogens (tertiary/aromatic N) is 5. The molecule has 1 aliphatic rings. The van der Waals surface area contributed by atoms with Crippen molar-refractivity contribution in [2.24, 2.45) is 0 Å². The van der Waals surface area contributed by atoms with E-state index in [0.29, 0.717) is 12.0 Å². The van der Waals surface area contributed by atoms with Gasteiger partial charge in [0, 0.05) is 62.1 Å². The quantitative estimate of drug-likeness (QED) is 0.845. The SMILES string of the molecule is Cc1cc(N(C)C)cc([C@@H]2CCN(Cc3nccn3C(C)C)C2)n1. The molecule has 0 radical (unpaired) electrons. The smallest absolute Gasteiger partial charge is 0.123 e. The molecule has 3 rings (SSSR count). The highest BCUT2D eigenvalue weighted by molar-refractivity contribution is 5.47. The fraction of sp³-hybridized carbons (Fsp3) is 0.579. The lowest BCUT2D eigenvalue weighted by atomic mass is 10.0. The lowest BCUT2D eigenvalue weighted by molar-refractivity contribution is 0.309. The Kier molecular flexibility index (Phi) is 4.90. The fourth-order valence-electron chi connectivity index (χ4n) is 3.50. The molecule has 1 atom stereocenters. The van der Waals surface area contributed by atoms with Crippen LogP contribution >= 0.6 is 0 Å². The highest BCUT2D eigenvalue weighted by atomic mass is 15.2. The number of pyridine rings is 1. The van der Waals surface area contributed by atoms with E-state index in [1.165, 1.54) is 17.8 Å². The zero-order chi connectivity index (χ0) is 17.3. The van der Waals surface area contributed by atoms with Crippen molar-refractivity contribution >= 4 is 5.69 Å². The van der Waals surface area contributed by atoms with Crippen molar-refractivity contribution < 1.29 is 0 Å². The zero-order valence-corrected chi connectivity index (χ0v) is 15.5. The highest BCUT2D eigenvalue weighted by Gasteiger charge is 2.26. The Bertz CT molecular complexity index is 689. The molecule has 0 spiro atoms. The summed E-state index contributed by atoms with van der Waals surface area (Å²) in [6.45, 7) is 9.60. The number of hydrogen-bond donors (Lipinski definition) is 0. The first-order chi connectivity index (χ1) is 11.4. The maximum Gasteiger partial charge on any atom is 0.123 e. The molecular formula is C19H29N5. The lowest BCUT2D eigenvalue weighted by Crippen LogP contribution is -2.23. The molecule has 130 valence electrons. The van der Waals surface area contributed by atoms with Gasteiger partial charge in [-0.15, -0.1) is 0 Å². The minimum absolute atomic E-state index is 0.460. The van der Waals surface area contributed by atoms with Gasteiger partial charge in [0.1, 0.15) is 5.82 Å². The Morgan fingerprint density at radius 3 is 2.79 bits per heavy atom. The number of likely N-dealkylation sites (tertiary alicyclic amines) is 1. The van der Waals surface area contributed by atoms with Crippen LogP contribution in [0.5, 0.6) is 0 Å². The van der Waals surface area contributed by atoms with Gasteiger partial charge >= 0.3 is 0 Å². The van der Waals surface area contributed by atoms with Crippen molar-refractivity contribution in [2.45, 2.75) is 45.7 Å². The molecule has 1 aliphatic heterocycles. The molecule has 2 aromatic heterocycles. The molecular weight excluding hydrogens is 298 g/mol. The second-order valence-electron chi connectivity index (χ2n) is 7.35. The van der Waals surface area contributed by atoms with Gasteiger partial charge in [0.15, 0.2) is 0 Å². The van der Waals surface area contributed by atoms with Crippen molar-refractivity contribution in [3.63, 3.8) is 0 Å². The second-order valence-corrected chi connectivity index (χ2v) is 7.35. The first-order valence-electron chi connectivity index (χ1n) is 8.84. The summed E-state index contributed by atoms with van der Waals surface area (Å²) in [5.41, 5.74) is 3.57. The zero-order valence-electron chi connectivity index (χ0n) is 15.5. The van der Waals surface area contributed by atoms with Gasteiger partial charge in [0.05, 0.1) is 6.54 Å². The first kappa shape index (κ1) is 17.0. The fourth-order valence-corrected chi connectivity index (χ4v) is 3.50. The maximum absolute atomic E-state index is 4.80. The van der Waals surface area contributed by atoms with Crippen LogP contribution in [-0.4, -0.2) is 46.6 Å². The van der Waals surface area contributed by atoms with E-state index < -0.39 is 0 Å². The van der Waals surface area contributed by atoms with E-state index >= 15 is 0 Å². The Labute approximate surface area is 145 Å². The summed E-state index contributed by atoms with van der Waals surface area (Å²) in [4.78, 5) is 14.0. The summed E-state index contributed by atoms with van der Waals surface area (Å²) in [7, 11) is 4.18. The molecule has 0 aliphatic carbocycles. The van der Waals surface area contributed by atoms with Crippen LogP contribution in [0.4, 0.5) is 5.69 Å². The van der Waals surface area contributed by atoms with Gasteiger partial charge in [-0.3, -0.25) is 9.88 Å². The Morgan fingerprint density at radius 1 is 1.29 bits per heavy atom. The van der Waals surface area contributed by atoms with Crippen LogP contribution in [0.1, 0.15) is 49.4 Å². The van der Waals surface area contributed by atoms with Crippen molar-refractivity contribution in [3.05, 3.63) is 41.7 Å². The second kappa shape index (κ2) is 6.93. The van der Waals surface area contributed by atoms with Crippen molar-refractivity contribution in [1.82, 2.24) is 19.4 Å². The first-order valence-corrected chi connectivity index (χ1v) is 8.84. The number of aromatic nitrogens is 3. The van der Waals surface area contributed by atoms with Crippen LogP contribution in [0.2, 0.25) is 0 Å². The molecule has 5 nitrogen and oxygen atoms in total. The highest BCUT2D eigenvalue weighted by Crippen LogP contribution is 2.29. The molecule has 24 heavy (non-hydrogen) atoms. The van der Waals surface area contributed by atoms with Gasteiger partial charge in [0.25, 0.3) is 0 Å². The van der Waals surface area contributed by atoms with Gasteiger partial charge in [-0.1, -0.05) is 0 Å². The van der Waals surface area contributed by atoms with Crippen molar-refractivity contribution in [1.29, 1.82) is 0 Å². The van der Waals surface area contributed by atoms with Crippen molar-refractivity contribution in [3.8, 4) is 0 Å². The van der Waals surface area contributed by atoms with E-state index in [-0.39, 0.29) is 0 Å². The molecule has 3 heterocycles. The van der Waals surface area contributed by atoms with Crippen LogP contribution in [0.25, 0.3) is 0 Å². The molecule has 1 saturated heterocycles. The van der Waals surface area contributed by atoms with Crippen LogP contribution in [0.3, 0.4) is 0 Å². The molecule has 2 aromatic rings. The van der Waals surface area contributed by atoms with Gasteiger partial charge in [-0.25, -0.2) is 4.98 Å². The minimum atomic E-state index is 0.460. The minimum Gasteiger partial charge on any atom is -0.378 e. The van der Waals surface area contributed by atoms with Gasteiger partial charge in [-0.05, 0) is 45.9 Å². The average Bonchev–Trinajstić information content (AvgIpc) is 3.16. The summed E-state index contributed by atoms with van der Waals surface area (Å²) in [5.74, 6) is 1.68. The van der Waals surface area contributed by atoms with Crippen LogP contribution in [0.15, 0.2) is 24.5 Å². The summed E-state index contributed by atoms with van der Waals surface area (Å²) >= 11 is 0. The van der Waals surface area contributed by atoms with E-state index in [1.54, 1.807) is 0 Å². The third kappa shape index (κ3) is 3.61. The van der Waals surface area contributed by atoms with E-state index in [1.807, 2.05) is 6.20 Å². The number of rotatable bonds is 5. The van der Waals surface area contributed by atoms with E-state index in [4.69, 9.17) is 4.98 Å². The van der Waals surface area contributed by atoms with Crippen LogP contribution < -0.4 is 4.90 Å². The molecule has 0 amide bonds. The molecule has 1 fully saturated rings. The third-order valence-corrected chi connectivity index (χ3v) is 4.84. The summed E-state index contributed by atoms with van der Waals surface area (Å²) in [6.07, 6.45) is 5.17. The normalized spacial score (nSPS) is 18.5. The van der Waals surface area contributed by atoms with E-state index in [9.17, 15) is 0 Å². The van der Waals surface area contributed by atoms with E-state index in [2.05, 4.69) is 72.5 Å². The number of imidazole rings is 1. The van der Waals surface area contributed by atoms with Crippen LogP contribution in [0, 0.1) is 6.92 Å². The molecule has 0 unspecified atom stereocenters. The van der Waals surface area contributed by atoms with E-state index in [0.717, 1.165) is 31.2 Å². The average molecular weight is 327 g/mol. The predicted molar refractivity (Wildman–Crippen MR) is 98.5 cm³/mol. The molecule has 0 bridgehead atoms. The standard InChI is InChI=1S/C19H29N5/c1-14(2)24-9-7-20-19(24)13-23-8-6-16(12-23)18-11-17(22(4)5)10-15(3)21-18/h7,9-11,14,16H,6,8,12-13H2,1-5H3/t16-/m1/s1. The van der Waals surface area contributed by atoms with Crippen LogP contribution in [-0.2, 0) is 6.54 Å². The Balaban J connectivity index is 1.70. The third-order valence-electron chi connectivity index (χ3n) is 4.84. The summed E-state index contributed by atoms with van der Waals surface area (Å²) in [6, 6.07) is 4.85. The maximum atomic E-state index is 4.80. The molecule has 0 saturated carbocycles.